The molecule has 0 radical (unpaired) electrons. The van der Waals surface area contributed by atoms with Gasteiger partial charge in [0.2, 0.25) is 10.0 Å². The number of aliphatic hydroxyl groups excluding tert-OH is 1. The van der Waals surface area contributed by atoms with E-state index in [1.165, 1.54) is 0 Å². The van der Waals surface area contributed by atoms with Crippen molar-refractivity contribution in [2.24, 2.45) is 0 Å². The molecular weight excluding hydrogens is 320 g/mol. The topological polar surface area (TPSA) is 110 Å². The number of halogens is 1. The number of benzene rings is 1. The zero-order chi connectivity index (χ0) is 16.3. The van der Waals surface area contributed by atoms with Crippen LogP contribution in [0, 0.1) is 10.1 Å². The van der Waals surface area contributed by atoms with Gasteiger partial charge in [0.1, 0.15) is 4.90 Å². The van der Waals surface area contributed by atoms with Crippen LogP contribution in [0.3, 0.4) is 0 Å². The van der Waals surface area contributed by atoms with Gasteiger partial charge in [0.15, 0.2) is 0 Å². The van der Waals surface area contributed by atoms with Crippen LogP contribution in [0.1, 0.15) is 26.7 Å². The highest BCUT2D eigenvalue weighted by atomic mass is 35.5. The number of nitrogens with one attached hydrogen (secondary N) is 1. The van der Waals surface area contributed by atoms with E-state index in [0.29, 0.717) is 12.8 Å². The third kappa shape index (κ3) is 3.91. The number of nitro benzene ring substituents is 1. The first kappa shape index (κ1) is 17.8. The second kappa shape index (κ2) is 6.69. The zero-order valence-corrected chi connectivity index (χ0v) is 13.2. The van der Waals surface area contributed by atoms with Crippen LogP contribution >= 0.6 is 11.6 Å². The molecule has 0 atom stereocenters. The summed E-state index contributed by atoms with van der Waals surface area (Å²) in [5.41, 5.74) is -1.39. The lowest BCUT2D eigenvalue weighted by atomic mass is 9.96. The number of nitro groups is 1. The smallest absolute Gasteiger partial charge is 0.270 e. The molecule has 0 unspecified atom stereocenters. The fourth-order valence-corrected chi connectivity index (χ4v) is 3.86. The SMILES string of the molecule is CCC(CC)(CO)NS(=O)(=O)c1cc([N+](=O)[O-])ccc1Cl. The van der Waals surface area contributed by atoms with Crippen molar-refractivity contribution < 1.29 is 18.4 Å². The van der Waals surface area contributed by atoms with Crippen molar-refractivity contribution in [1.82, 2.24) is 4.72 Å². The number of aliphatic hydroxyl groups is 1. The molecule has 9 heteroatoms. The van der Waals surface area contributed by atoms with Gasteiger partial charge in [-0.1, -0.05) is 25.4 Å². The number of nitrogens with zero attached hydrogens (tertiary/aromatic N) is 1. The Kier molecular flexibility index (Phi) is 5.68. The quantitative estimate of drug-likeness (QED) is 0.585. The molecule has 0 aliphatic heterocycles. The first-order chi connectivity index (χ1) is 9.71. The van der Waals surface area contributed by atoms with Crippen LogP contribution in [-0.2, 0) is 10.0 Å². The molecule has 1 aromatic carbocycles. The van der Waals surface area contributed by atoms with Gasteiger partial charge in [-0.25, -0.2) is 13.1 Å². The molecule has 0 amide bonds. The maximum atomic E-state index is 12.4. The van der Waals surface area contributed by atoms with Gasteiger partial charge >= 0.3 is 0 Å². The molecule has 21 heavy (non-hydrogen) atoms. The number of hydrogen-bond donors (Lipinski definition) is 2. The molecule has 0 bridgehead atoms. The molecule has 0 heterocycles. The van der Waals surface area contributed by atoms with Crippen molar-refractivity contribution in [1.29, 1.82) is 0 Å². The Bertz CT molecular complexity index is 620. The lowest BCUT2D eigenvalue weighted by Crippen LogP contribution is -2.50. The maximum Gasteiger partial charge on any atom is 0.270 e. The Morgan fingerprint density at radius 2 is 1.95 bits per heavy atom. The van der Waals surface area contributed by atoms with Crippen LogP contribution in [0.25, 0.3) is 0 Å². The second-order valence-electron chi connectivity index (χ2n) is 4.62. The minimum atomic E-state index is -4.09. The summed E-state index contributed by atoms with van der Waals surface area (Å²) < 4.78 is 27.2. The molecule has 0 saturated heterocycles. The lowest BCUT2D eigenvalue weighted by Gasteiger charge is -2.30. The molecular formula is C12H17ClN2O5S. The molecule has 0 saturated carbocycles. The molecule has 0 aromatic heterocycles. The van der Waals surface area contributed by atoms with Gasteiger partial charge in [0, 0.05) is 12.1 Å². The second-order valence-corrected chi connectivity index (χ2v) is 6.68. The van der Waals surface area contributed by atoms with E-state index in [0.717, 1.165) is 18.2 Å². The summed E-state index contributed by atoms with van der Waals surface area (Å²) in [6.07, 6.45) is 0.734. The first-order valence-corrected chi connectivity index (χ1v) is 8.16. The van der Waals surface area contributed by atoms with E-state index in [1.54, 1.807) is 13.8 Å². The highest BCUT2D eigenvalue weighted by molar-refractivity contribution is 7.89. The van der Waals surface area contributed by atoms with Gasteiger partial charge in [-0.05, 0) is 18.9 Å². The van der Waals surface area contributed by atoms with Crippen LogP contribution < -0.4 is 4.72 Å². The van der Waals surface area contributed by atoms with Crippen molar-refractivity contribution in [2.45, 2.75) is 37.1 Å². The van der Waals surface area contributed by atoms with Crippen molar-refractivity contribution in [3.05, 3.63) is 33.3 Å². The molecule has 0 aliphatic carbocycles. The van der Waals surface area contributed by atoms with Crippen molar-refractivity contribution in [2.75, 3.05) is 6.61 Å². The molecule has 2 N–H and O–H groups in total. The Balaban J connectivity index is 3.31. The van der Waals surface area contributed by atoms with Crippen molar-refractivity contribution in [3.8, 4) is 0 Å². The normalized spacial score (nSPS) is 12.4. The summed E-state index contributed by atoms with van der Waals surface area (Å²) in [4.78, 5) is 9.68. The van der Waals surface area contributed by atoms with Crippen LogP contribution in [0.2, 0.25) is 5.02 Å². The first-order valence-electron chi connectivity index (χ1n) is 6.30. The Labute approximate surface area is 128 Å². The molecule has 0 fully saturated rings. The Morgan fingerprint density at radius 1 is 1.38 bits per heavy atom. The largest absolute Gasteiger partial charge is 0.394 e. The fourth-order valence-electron chi connectivity index (χ4n) is 1.80. The molecule has 118 valence electrons. The third-order valence-corrected chi connectivity index (χ3v) is 5.48. The van der Waals surface area contributed by atoms with E-state index in [2.05, 4.69) is 4.72 Å². The van der Waals surface area contributed by atoms with E-state index in [9.17, 15) is 23.6 Å². The van der Waals surface area contributed by atoms with Gasteiger partial charge in [-0.15, -0.1) is 0 Å². The van der Waals surface area contributed by atoms with Gasteiger partial charge in [0.25, 0.3) is 5.69 Å². The van der Waals surface area contributed by atoms with Crippen LogP contribution in [0.4, 0.5) is 5.69 Å². The fraction of sp³-hybridized carbons (Fsp3) is 0.500. The summed E-state index contributed by atoms with van der Waals surface area (Å²) in [5, 5.41) is 20.1. The van der Waals surface area contributed by atoms with Crippen LogP contribution in [0.15, 0.2) is 23.1 Å². The summed E-state index contributed by atoms with van der Waals surface area (Å²) in [6, 6.07) is 3.19. The predicted octanol–water partition coefficient (Wildman–Crippen LogP) is 2.08. The number of sulfonamides is 1. The molecule has 7 nitrogen and oxygen atoms in total. The third-order valence-electron chi connectivity index (χ3n) is 3.42. The monoisotopic (exact) mass is 336 g/mol. The highest BCUT2D eigenvalue weighted by Crippen LogP contribution is 2.28. The van der Waals surface area contributed by atoms with Gasteiger partial charge in [-0.2, -0.15) is 0 Å². The van der Waals surface area contributed by atoms with Gasteiger partial charge in [0.05, 0.1) is 22.1 Å². The summed E-state index contributed by atoms with van der Waals surface area (Å²) >= 11 is 5.84. The summed E-state index contributed by atoms with van der Waals surface area (Å²) in [5.74, 6) is 0. The minimum absolute atomic E-state index is 0.118. The number of rotatable bonds is 7. The molecule has 1 rings (SSSR count). The average molecular weight is 337 g/mol. The Hall–Kier alpha value is -1.22. The van der Waals surface area contributed by atoms with E-state index >= 15 is 0 Å². The standard InChI is InChI=1S/C12H17ClN2O5S/c1-3-12(4-2,8-16)14-21(19,20)11-7-9(15(17)18)5-6-10(11)13/h5-7,14,16H,3-4,8H2,1-2H3. The van der Waals surface area contributed by atoms with E-state index in [-0.39, 0.29) is 22.2 Å². The van der Waals surface area contributed by atoms with E-state index < -0.39 is 20.5 Å². The minimum Gasteiger partial charge on any atom is -0.394 e. The predicted molar refractivity (Wildman–Crippen MR) is 78.8 cm³/mol. The molecule has 0 spiro atoms. The van der Waals surface area contributed by atoms with Crippen molar-refractivity contribution in [3.63, 3.8) is 0 Å². The van der Waals surface area contributed by atoms with E-state index in [4.69, 9.17) is 11.6 Å². The number of non-ortho nitro benzene ring substituents is 1. The molecule has 0 aliphatic rings. The lowest BCUT2D eigenvalue weighted by molar-refractivity contribution is -0.385. The maximum absolute atomic E-state index is 12.4. The Morgan fingerprint density at radius 3 is 2.38 bits per heavy atom. The summed E-state index contributed by atoms with van der Waals surface area (Å²) in [6.45, 7) is 3.08. The van der Waals surface area contributed by atoms with Crippen LogP contribution in [0.5, 0.6) is 0 Å². The van der Waals surface area contributed by atoms with Crippen LogP contribution in [-0.4, -0.2) is 30.6 Å². The average Bonchev–Trinajstić information content (AvgIpc) is 2.45. The van der Waals surface area contributed by atoms with Gasteiger partial charge < -0.3 is 5.11 Å². The summed E-state index contributed by atoms with van der Waals surface area (Å²) in [7, 11) is -4.09. The van der Waals surface area contributed by atoms with Crippen molar-refractivity contribution >= 4 is 27.3 Å². The van der Waals surface area contributed by atoms with Gasteiger partial charge in [-0.3, -0.25) is 10.1 Å². The van der Waals surface area contributed by atoms with E-state index in [1.807, 2.05) is 0 Å². The zero-order valence-electron chi connectivity index (χ0n) is 11.7. The molecule has 1 aromatic rings. The highest BCUT2D eigenvalue weighted by Gasteiger charge is 2.33. The number of hydrogen-bond acceptors (Lipinski definition) is 5.